The normalized spacial score (nSPS) is 12.2. The number of hydrogen-bond acceptors (Lipinski definition) is 5. The van der Waals surface area contributed by atoms with E-state index in [0.717, 1.165) is 16.6 Å². The fourth-order valence-electron chi connectivity index (χ4n) is 3.03. The monoisotopic (exact) mass is 344 g/mol. The number of aromatic nitrogens is 4. The minimum Gasteiger partial charge on any atom is -0.338 e. The molecule has 3 heterocycles. The number of rotatable bonds is 4. The van der Waals surface area contributed by atoms with Gasteiger partial charge < -0.3 is 10.3 Å². The largest absolute Gasteiger partial charge is 0.338 e. The Morgan fingerprint density at radius 2 is 2.23 bits per heavy atom. The van der Waals surface area contributed by atoms with Crippen LogP contribution in [0.5, 0.6) is 0 Å². The Morgan fingerprint density at radius 3 is 3.08 bits per heavy atom. The molecule has 128 valence electrons. The standard InChI is InChI=1S/C19H16N6O/c1-12(6-8-20)25-16-7-10-22-19(26)17(16)18(24-25)23-14-4-5-15-13(11-14)3-2-9-21-15/h2-5,7,9-12H,6H2,1H3,(H,22,26)(H,23,24). The van der Waals surface area contributed by atoms with Gasteiger partial charge in [0.15, 0.2) is 5.82 Å². The molecular weight excluding hydrogens is 328 g/mol. The van der Waals surface area contributed by atoms with Crippen LogP contribution in [-0.4, -0.2) is 19.7 Å². The fraction of sp³-hybridized carbons (Fsp3) is 0.158. The second-order valence-corrected chi connectivity index (χ2v) is 6.11. The van der Waals surface area contributed by atoms with Crippen molar-refractivity contribution in [2.75, 3.05) is 5.32 Å². The molecule has 0 saturated heterocycles. The minimum absolute atomic E-state index is 0.138. The van der Waals surface area contributed by atoms with Crippen molar-refractivity contribution >= 4 is 33.3 Å². The van der Waals surface area contributed by atoms with Crippen molar-refractivity contribution in [1.82, 2.24) is 19.7 Å². The zero-order valence-electron chi connectivity index (χ0n) is 14.1. The first kappa shape index (κ1) is 15.8. The Balaban J connectivity index is 1.82. The zero-order chi connectivity index (χ0) is 18.1. The molecule has 0 aliphatic carbocycles. The predicted molar refractivity (Wildman–Crippen MR) is 100 cm³/mol. The Kier molecular flexibility index (Phi) is 3.86. The van der Waals surface area contributed by atoms with Crippen LogP contribution in [0.4, 0.5) is 11.5 Å². The second-order valence-electron chi connectivity index (χ2n) is 6.11. The predicted octanol–water partition coefficient (Wildman–Crippen LogP) is 3.49. The smallest absolute Gasteiger partial charge is 0.261 e. The van der Waals surface area contributed by atoms with Gasteiger partial charge in [0.25, 0.3) is 5.56 Å². The van der Waals surface area contributed by atoms with Crippen LogP contribution in [0, 0.1) is 11.3 Å². The van der Waals surface area contributed by atoms with E-state index >= 15 is 0 Å². The van der Waals surface area contributed by atoms with E-state index in [2.05, 4.69) is 26.5 Å². The summed E-state index contributed by atoms with van der Waals surface area (Å²) >= 11 is 0. The van der Waals surface area contributed by atoms with Crippen LogP contribution in [0.25, 0.3) is 21.8 Å². The highest BCUT2D eigenvalue weighted by molar-refractivity contribution is 5.92. The van der Waals surface area contributed by atoms with E-state index in [1.807, 2.05) is 37.3 Å². The molecular formula is C19H16N6O. The molecule has 4 aromatic rings. The summed E-state index contributed by atoms with van der Waals surface area (Å²) in [6.07, 6.45) is 3.65. The zero-order valence-corrected chi connectivity index (χ0v) is 14.1. The summed E-state index contributed by atoms with van der Waals surface area (Å²) in [4.78, 5) is 19.4. The van der Waals surface area contributed by atoms with Crippen molar-refractivity contribution in [2.24, 2.45) is 0 Å². The molecule has 1 aromatic carbocycles. The van der Waals surface area contributed by atoms with Crippen LogP contribution in [-0.2, 0) is 0 Å². The number of nitrogens with zero attached hydrogens (tertiary/aromatic N) is 4. The Bertz CT molecular complexity index is 1200. The third-order valence-corrected chi connectivity index (χ3v) is 4.30. The molecule has 1 unspecified atom stereocenters. The molecule has 0 aliphatic heterocycles. The number of benzene rings is 1. The lowest BCUT2D eigenvalue weighted by atomic mass is 10.2. The number of hydrogen-bond donors (Lipinski definition) is 2. The topological polar surface area (TPSA) is 99.4 Å². The molecule has 1 atom stereocenters. The average Bonchev–Trinajstić information content (AvgIpc) is 3.02. The lowest BCUT2D eigenvalue weighted by molar-refractivity contribution is 0.518. The van der Waals surface area contributed by atoms with Crippen LogP contribution in [0.15, 0.2) is 53.6 Å². The quantitative estimate of drug-likeness (QED) is 0.590. The molecule has 26 heavy (non-hydrogen) atoms. The van der Waals surface area contributed by atoms with Crippen LogP contribution < -0.4 is 10.9 Å². The van der Waals surface area contributed by atoms with E-state index < -0.39 is 0 Å². The molecule has 3 aromatic heterocycles. The fourth-order valence-corrected chi connectivity index (χ4v) is 3.03. The molecule has 4 rings (SSSR count). The SMILES string of the molecule is CC(CC#N)n1nc(Nc2ccc3ncccc3c2)c2c(=O)[nH]ccc21. The van der Waals surface area contributed by atoms with Gasteiger partial charge >= 0.3 is 0 Å². The first-order chi connectivity index (χ1) is 12.7. The summed E-state index contributed by atoms with van der Waals surface area (Å²) in [5.41, 5.74) is 2.19. The van der Waals surface area contributed by atoms with Gasteiger partial charge in [0.2, 0.25) is 0 Å². The molecule has 7 nitrogen and oxygen atoms in total. The maximum atomic E-state index is 12.4. The highest BCUT2D eigenvalue weighted by Gasteiger charge is 2.17. The van der Waals surface area contributed by atoms with Crippen molar-refractivity contribution in [2.45, 2.75) is 19.4 Å². The van der Waals surface area contributed by atoms with E-state index in [-0.39, 0.29) is 11.6 Å². The van der Waals surface area contributed by atoms with Gasteiger partial charge in [-0.25, -0.2) is 0 Å². The van der Waals surface area contributed by atoms with Crippen molar-refractivity contribution < 1.29 is 0 Å². The van der Waals surface area contributed by atoms with E-state index in [1.165, 1.54) is 0 Å². The lowest BCUT2D eigenvalue weighted by Crippen LogP contribution is -2.08. The maximum absolute atomic E-state index is 12.4. The molecule has 0 saturated carbocycles. The first-order valence-electron chi connectivity index (χ1n) is 8.26. The third-order valence-electron chi connectivity index (χ3n) is 4.30. The van der Waals surface area contributed by atoms with Gasteiger partial charge in [-0.2, -0.15) is 10.4 Å². The highest BCUT2D eigenvalue weighted by Crippen LogP contribution is 2.27. The van der Waals surface area contributed by atoms with Gasteiger partial charge in [-0.15, -0.1) is 0 Å². The van der Waals surface area contributed by atoms with Crippen molar-refractivity contribution in [3.05, 3.63) is 59.1 Å². The summed E-state index contributed by atoms with van der Waals surface area (Å²) in [7, 11) is 0. The summed E-state index contributed by atoms with van der Waals surface area (Å²) in [5.74, 6) is 0.467. The minimum atomic E-state index is -0.220. The van der Waals surface area contributed by atoms with Gasteiger partial charge in [0.1, 0.15) is 5.39 Å². The van der Waals surface area contributed by atoms with E-state index in [4.69, 9.17) is 5.26 Å². The van der Waals surface area contributed by atoms with Crippen LogP contribution in [0.2, 0.25) is 0 Å². The molecule has 0 aliphatic rings. The Morgan fingerprint density at radius 1 is 1.35 bits per heavy atom. The van der Waals surface area contributed by atoms with E-state index in [0.29, 0.717) is 23.1 Å². The Hall–Kier alpha value is -3.66. The highest BCUT2D eigenvalue weighted by atomic mass is 16.1. The molecule has 7 heteroatoms. The van der Waals surface area contributed by atoms with Gasteiger partial charge in [-0.3, -0.25) is 14.5 Å². The van der Waals surface area contributed by atoms with E-state index in [1.54, 1.807) is 23.1 Å². The molecule has 0 radical (unpaired) electrons. The van der Waals surface area contributed by atoms with Crippen molar-refractivity contribution in [3.63, 3.8) is 0 Å². The number of nitriles is 1. The molecule has 0 amide bonds. The van der Waals surface area contributed by atoms with Gasteiger partial charge in [-0.1, -0.05) is 6.07 Å². The molecule has 0 bridgehead atoms. The van der Waals surface area contributed by atoms with E-state index in [9.17, 15) is 4.79 Å². The number of nitrogens with one attached hydrogen (secondary N) is 2. The summed E-state index contributed by atoms with van der Waals surface area (Å²) < 4.78 is 1.72. The molecule has 2 N–H and O–H groups in total. The summed E-state index contributed by atoms with van der Waals surface area (Å²) in [5, 5.41) is 18.3. The maximum Gasteiger partial charge on any atom is 0.261 e. The molecule has 0 spiro atoms. The van der Waals surface area contributed by atoms with Crippen LogP contribution in [0.1, 0.15) is 19.4 Å². The third kappa shape index (κ3) is 2.67. The Labute approximate surface area is 148 Å². The number of pyridine rings is 2. The molecule has 0 fully saturated rings. The van der Waals surface area contributed by atoms with Crippen LogP contribution >= 0.6 is 0 Å². The average molecular weight is 344 g/mol. The summed E-state index contributed by atoms with van der Waals surface area (Å²) in [6.45, 7) is 1.91. The number of H-pyrrole nitrogens is 1. The summed E-state index contributed by atoms with van der Waals surface area (Å²) in [6, 6.07) is 13.4. The van der Waals surface area contributed by atoms with Gasteiger partial charge in [-0.05, 0) is 37.3 Å². The lowest BCUT2D eigenvalue weighted by Gasteiger charge is -2.09. The van der Waals surface area contributed by atoms with Crippen LogP contribution in [0.3, 0.4) is 0 Å². The number of anilines is 2. The van der Waals surface area contributed by atoms with Gasteiger partial charge in [0.05, 0.1) is 29.6 Å². The first-order valence-corrected chi connectivity index (χ1v) is 8.26. The number of fused-ring (bicyclic) bond motifs is 2. The number of aromatic amines is 1. The van der Waals surface area contributed by atoms with Gasteiger partial charge in [0, 0.05) is 23.5 Å². The second kappa shape index (κ2) is 6.33. The van der Waals surface area contributed by atoms with Crippen molar-refractivity contribution in [3.8, 4) is 6.07 Å². The van der Waals surface area contributed by atoms with Crippen molar-refractivity contribution in [1.29, 1.82) is 5.26 Å².